The van der Waals surface area contributed by atoms with E-state index >= 15 is 0 Å². The largest absolute Gasteiger partial charge is 0.294 e. The molecule has 6 aromatic carbocycles. The van der Waals surface area contributed by atoms with E-state index in [-0.39, 0.29) is 0 Å². The predicted molar refractivity (Wildman–Crippen MR) is 188 cm³/mol. The van der Waals surface area contributed by atoms with Crippen molar-refractivity contribution in [1.29, 1.82) is 0 Å². The monoisotopic (exact) mass is 578 g/mol. The van der Waals surface area contributed by atoms with Gasteiger partial charge in [-0.3, -0.25) is 4.57 Å². The Balaban J connectivity index is 1.35. The van der Waals surface area contributed by atoms with Gasteiger partial charge in [-0.15, -0.1) is 0 Å². The maximum atomic E-state index is 4.89. The molecule has 0 aliphatic rings. The maximum absolute atomic E-state index is 4.89. The highest BCUT2D eigenvalue weighted by Crippen LogP contribution is 2.32. The molecule has 2 nitrogen and oxygen atoms in total. The van der Waals surface area contributed by atoms with Gasteiger partial charge >= 0.3 is 0 Å². The fraction of sp³-hybridized carbons (Fsp3) is 0. The van der Waals surface area contributed by atoms with Gasteiger partial charge in [-0.2, -0.15) is 0 Å². The van der Waals surface area contributed by atoms with Gasteiger partial charge in [0.1, 0.15) is 5.82 Å². The molecule has 0 saturated heterocycles. The average Bonchev–Trinajstić information content (AvgIpc) is 3.45. The third kappa shape index (κ3) is 4.21. The maximum Gasteiger partial charge on any atom is 0.179 e. The molecule has 0 saturated carbocycles. The van der Waals surface area contributed by atoms with Crippen molar-refractivity contribution in [1.82, 2.24) is 9.55 Å². The quantitative estimate of drug-likeness (QED) is 0.150. The van der Waals surface area contributed by atoms with Crippen molar-refractivity contribution >= 4 is 50.6 Å². The molecule has 0 N–H and O–H groups in total. The summed E-state index contributed by atoms with van der Waals surface area (Å²) in [5.74, 6) is 0.919. The summed E-state index contributed by atoms with van der Waals surface area (Å²) in [5.41, 5.74) is 4.66. The lowest BCUT2D eigenvalue weighted by Crippen LogP contribution is -2.74. The summed E-state index contributed by atoms with van der Waals surface area (Å²) >= 11 is 0. The first-order valence-corrected chi connectivity index (χ1v) is 17.1. The van der Waals surface area contributed by atoms with Crippen molar-refractivity contribution in [3.8, 4) is 16.9 Å². The molecule has 0 fully saturated rings. The van der Waals surface area contributed by atoms with E-state index < -0.39 is 8.07 Å². The predicted octanol–water partition coefficient (Wildman–Crippen LogP) is 7.22. The van der Waals surface area contributed by atoms with Crippen LogP contribution in [0.2, 0.25) is 0 Å². The number of pyridine rings is 1. The fourth-order valence-corrected chi connectivity index (χ4v) is 11.7. The van der Waals surface area contributed by atoms with E-state index in [0.717, 1.165) is 22.4 Å². The molecule has 0 aliphatic carbocycles. The van der Waals surface area contributed by atoms with Gasteiger partial charge in [-0.05, 0) is 56.1 Å². The SMILES string of the molecule is c1ccc([Si](c2ccccc2)(c2ccccc2)c2cccc(-c3ccnc(-n4c5ccccc5c5ccccc54)c3)c2)cc1. The standard InChI is InChI=1S/C41H30N2Si/c1-4-16-33(17-5-1)44(34-18-6-2-7-19-34,35-20-8-3-9-21-35)36-22-14-15-31(29-36)32-27-28-42-41(30-32)43-39-25-12-10-23-37(39)38-24-11-13-26-40(38)43/h1-30H. The second-order valence-corrected chi connectivity index (χ2v) is 15.0. The Morgan fingerprint density at radius 1 is 0.386 bits per heavy atom. The molecule has 0 amide bonds. The van der Waals surface area contributed by atoms with Gasteiger partial charge in [0.25, 0.3) is 0 Å². The summed E-state index contributed by atoms with van der Waals surface area (Å²) in [6, 6.07) is 64.0. The number of fused-ring (bicyclic) bond motifs is 3. The Morgan fingerprint density at radius 2 is 0.841 bits per heavy atom. The van der Waals surface area contributed by atoms with Crippen LogP contribution in [0.3, 0.4) is 0 Å². The molecule has 2 aromatic heterocycles. The number of hydrogen-bond acceptors (Lipinski definition) is 1. The van der Waals surface area contributed by atoms with Gasteiger partial charge < -0.3 is 0 Å². The van der Waals surface area contributed by atoms with E-state index in [1.54, 1.807) is 0 Å². The number of hydrogen-bond donors (Lipinski definition) is 0. The van der Waals surface area contributed by atoms with Crippen LogP contribution in [0.15, 0.2) is 182 Å². The van der Waals surface area contributed by atoms with E-state index in [0.29, 0.717) is 0 Å². The lowest BCUT2D eigenvalue weighted by Gasteiger charge is -2.34. The Labute approximate surface area is 258 Å². The van der Waals surface area contributed by atoms with Gasteiger partial charge in [0.15, 0.2) is 8.07 Å². The highest BCUT2D eigenvalue weighted by molar-refractivity contribution is 7.19. The van der Waals surface area contributed by atoms with Crippen molar-refractivity contribution in [2.24, 2.45) is 0 Å². The summed E-state index contributed by atoms with van der Waals surface area (Å²) in [5, 5.41) is 7.94. The Hall–Kier alpha value is -5.51. The second-order valence-electron chi connectivity index (χ2n) is 11.2. The summed E-state index contributed by atoms with van der Waals surface area (Å²) < 4.78 is 2.29. The molecule has 3 heteroatoms. The van der Waals surface area contributed by atoms with Crippen LogP contribution in [0.4, 0.5) is 0 Å². The zero-order valence-corrected chi connectivity index (χ0v) is 25.2. The van der Waals surface area contributed by atoms with Crippen LogP contribution in [0.25, 0.3) is 38.8 Å². The smallest absolute Gasteiger partial charge is 0.179 e. The van der Waals surface area contributed by atoms with Crippen LogP contribution >= 0.6 is 0 Å². The summed E-state index contributed by atoms with van der Waals surface area (Å²) in [7, 11) is -2.62. The number of para-hydroxylation sites is 2. The van der Waals surface area contributed by atoms with Gasteiger partial charge in [0.2, 0.25) is 0 Å². The van der Waals surface area contributed by atoms with E-state index in [1.807, 2.05) is 6.20 Å². The van der Waals surface area contributed by atoms with E-state index in [4.69, 9.17) is 4.98 Å². The second kappa shape index (κ2) is 11.0. The normalized spacial score (nSPS) is 11.6. The Bertz CT molecular complexity index is 2070. The lowest BCUT2D eigenvalue weighted by atomic mass is 10.1. The fourth-order valence-electron chi connectivity index (χ4n) is 6.89. The van der Waals surface area contributed by atoms with Crippen LogP contribution in [0.5, 0.6) is 0 Å². The summed E-state index contributed by atoms with van der Waals surface area (Å²) in [6.07, 6.45) is 1.94. The minimum atomic E-state index is -2.62. The molecule has 8 aromatic rings. The molecule has 0 atom stereocenters. The summed E-state index contributed by atoms with van der Waals surface area (Å²) in [6.45, 7) is 0. The first-order valence-electron chi connectivity index (χ1n) is 15.1. The minimum Gasteiger partial charge on any atom is -0.294 e. The van der Waals surface area contributed by atoms with Crippen molar-refractivity contribution in [3.05, 3.63) is 182 Å². The van der Waals surface area contributed by atoms with Crippen LogP contribution in [0.1, 0.15) is 0 Å². The molecule has 44 heavy (non-hydrogen) atoms. The molecular weight excluding hydrogens is 549 g/mol. The zero-order chi connectivity index (χ0) is 29.3. The van der Waals surface area contributed by atoms with Crippen molar-refractivity contribution in [3.63, 3.8) is 0 Å². The highest BCUT2D eigenvalue weighted by Gasteiger charge is 2.41. The number of rotatable bonds is 6. The Kier molecular flexibility index (Phi) is 6.51. The molecule has 0 aliphatic heterocycles. The first-order chi connectivity index (χ1) is 21.8. The third-order valence-corrected chi connectivity index (χ3v) is 13.6. The van der Waals surface area contributed by atoms with Crippen LogP contribution in [-0.4, -0.2) is 17.6 Å². The molecule has 208 valence electrons. The molecule has 8 rings (SSSR count). The Morgan fingerprint density at radius 3 is 1.39 bits per heavy atom. The van der Waals surface area contributed by atoms with Gasteiger partial charge in [-0.25, -0.2) is 4.98 Å². The van der Waals surface area contributed by atoms with Gasteiger partial charge in [0, 0.05) is 17.0 Å². The molecule has 0 spiro atoms. The number of benzene rings is 6. The van der Waals surface area contributed by atoms with E-state index in [1.165, 1.54) is 37.1 Å². The molecule has 0 radical (unpaired) electrons. The third-order valence-electron chi connectivity index (χ3n) is 8.80. The van der Waals surface area contributed by atoms with Crippen molar-refractivity contribution in [2.45, 2.75) is 0 Å². The number of aromatic nitrogens is 2. The molecular formula is C41H30N2Si. The van der Waals surface area contributed by atoms with Crippen LogP contribution in [0, 0.1) is 0 Å². The first kappa shape index (κ1) is 26.1. The van der Waals surface area contributed by atoms with Crippen molar-refractivity contribution < 1.29 is 0 Å². The topological polar surface area (TPSA) is 17.8 Å². The molecule has 0 unspecified atom stereocenters. The minimum absolute atomic E-state index is 0.919. The van der Waals surface area contributed by atoms with Crippen molar-refractivity contribution in [2.75, 3.05) is 0 Å². The van der Waals surface area contributed by atoms with E-state index in [9.17, 15) is 0 Å². The lowest BCUT2D eigenvalue weighted by molar-refractivity contribution is 1.08. The van der Waals surface area contributed by atoms with Gasteiger partial charge in [-0.1, -0.05) is 152 Å². The zero-order valence-electron chi connectivity index (χ0n) is 24.2. The summed E-state index contributed by atoms with van der Waals surface area (Å²) in [4.78, 5) is 4.89. The van der Waals surface area contributed by atoms with Crippen LogP contribution in [-0.2, 0) is 0 Å². The average molecular weight is 579 g/mol. The van der Waals surface area contributed by atoms with Crippen LogP contribution < -0.4 is 20.7 Å². The molecule has 2 heterocycles. The number of nitrogens with zero attached hydrogens (tertiary/aromatic N) is 2. The van der Waals surface area contributed by atoms with Gasteiger partial charge in [0.05, 0.1) is 11.0 Å². The molecule has 0 bridgehead atoms. The van der Waals surface area contributed by atoms with E-state index in [2.05, 4.69) is 180 Å². The highest BCUT2D eigenvalue weighted by atomic mass is 28.3.